The zero-order valence-electron chi connectivity index (χ0n) is 14.5. The lowest BCUT2D eigenvalue weighted by Gasteiger charge is -2.12. The van der Waals surface area contributed by atoms with Crippen LogP contribution in [0, 0.1) is 6.92 Å². The first kappa shape index (κ1) is 19.4. The highest BCUT2D eigenvalue weighted by Crippen LogP contribution is 2.28. The van der Waals surface area contributed by atoms with Gasteiger partial charge < -0.3 is 10.4 Å². The van der Waals surface area contributed by atoms with E-state index in [1.807, 2.05) is 49.4 Å². The molecular formula is C21H17Cl2N2OS+. The third-order valence-electron chi connectivity index (χ3n) is 3.99. The number of aromatic nitrogens is 1. The smallest absolute Gasteiger partial charge is 0.288 e. The molecule has 0 fully saturated rings. The van der Waals surface area contributed by atoms with Crippen molar-refractivity contribution in [3.05, 3.63) is 94.2 Å². The van der Waals surface area contributed by atoms with Crippen molar-refractivity contribution < 1.29 is 9.67 Å². The highest BCUT2D eigenvalue weighted by atomic mass is 35.5. The largest absolute Gasteiger partial charge is 0.502 e. The fraction of sp³-hybridized carbons (Fsp3) is 0.0476. The highest BCUT2D eigenvalue weighted by molar-refractivity contribution is 7.81. The monoisotopic (exact) mass is 415 g/mol. The van der Waals surface area contributed by atoms with E-state index in [1.165, 1.54) is 0 Å². The van der Waals surface area contributed by atoms with E-state index >= 15 is 0 Å². The van der Waals surface area contributed by atoms with Gasteiger partial charge in [-0.1, -0.05) is 59.7 Å². The van der Waals surface area contributed by atoms with Gasteiger partial charge in [0.15, 0.2) is 17.4 Å². The number of aliphatic hydroxyl groups excluding tert-OH is 1. The van der Waals surface area contributed by atoms with Crippen molar-refractivity contribution in [1.82, 2.24) is 0 Å². The molecule has 0 aliphatic carbocycles. The summed E-state index contributed by atoms with van der Waals surface area (Å²) in [5, 5.41) is 15.1. The van der Waals surface area contributed by atoms with Gasteiger partial charge in [-0.3, -0.25) is 0 Å². The first-order valence-corrected chi connectivity index (χ1v) is 9.36. The third-order valence-corrected chi connectivity index (χ3v) is 4.85. The van der Waals surface area contributed by atoms with Gasteiger partial charge in [-0.15, -0.1) is 0 Å². The molecule has 0 saturated carbocycles. The van der Waals surface area contributed by atoms with Crippen molar-refractivity contribution in [2.45, 2.75) is 6.92 Å². The van der Waals surface area contributed by atoms with E-state index in [0.29, 0.717) is 26.3 Å². The van der Waals surface area contributed by atoms with Gasteiger partial charge in [0.05, 0.1) is 5.02 Å². The lowest BCUT2D eigenvalue weighted by Crippen LogP contribution is -2.38. The normalized spacial score (nSPS) is 11.7. The van der Waals surface area contributed by atoms with Crippen LogP contribution in [0.5, 0.6) is 0 Å². The van der Waals surface area contributed by atoms with E-state index in [2.05, 4.69) is 5.32 Å². The van der Waals surface area contributed by atoms with E-state index in [-0.39, 0.29) is 5.76 Å². The second kappa shape index (κ2) is 8.53. The molecule has 0 bridgehead atoms. The summed E-state index contributed by atoms with van der Waals surface area (Å²) in [5.74, 6) is -0.0650. The molecule has 1 aromatic heterocycles. The summed E-state index contributed by atoms with van der Waals surface area (Å²) in [7, 11) is 0. The maximum Gasteiger partial charge on any atom is 0.288 e. The van der Waals surface area contributed by atoms with Gasteiger partial charge in [0.2, 0.25) is 5.76 Å². The minimum atomic E-state index is -0.0650. The summed E-state index contributed by atoms with van der Waals surface area (Å²) >= 11 is 18.0. The quantitative estimate of drug-likeness (QED) is 0.240. The van der Waals surface area contributed by atoms with Gasteiger partial charge in [0.1, 0.15) is 0 Å². The van der Waals surface area contributed by atoms with Crippen molar-refractivity contribution in [1.29, 1.82) is 0 Å². The van der Waals surface area contributed by atoms with Gasteiger partial charge in [-0.25, -0.2) is 0 Å². The number of halogens is 2. The van der Waals surface area contributed by atoms with E-state index in [4.69, 9.17) is 35.4 Å². The molecule has 0 spiro atoms. The number of benzene rings is 2. The van der Waals surface area contributed by atoms with E-state index in [1.54, 1.807) is 35.2 Å². The van der Waals surface area contributed by atoms with Crippen LogP contribution in [-0.2, 0) is 0 Å². The Morgan fingerprint density at radius 2 is 1.70 bits per heavy atom. The first-order valence-electron chi connectivity index (χ1n) is 8.19. The topological polar surface area (TPSA) is 36.1 Å². The number of rotatable bonds is 4. The molecule has 0 aliphatic rings. The maximum absolute atomic E-state index is 11.0. The molecule has 6 heteroatoms. The summed E-state index contributed by atoms with van der Waals surface area (Å²) in [6.07, 6.45) is 3.60. The Balaban J connectivity index is 2.13. The second-order valence-electron chi connectivity index (χ2n) is 5.87. The number of hydrogen-bond donors (Lipinski definition) is 2. The number of nitrogens with one attached hydrogen (secondary N) is 1. The molecule has 0 saturated heterocycles. The molecule has 2 aromatic carbocycles. The molecule has 136 valence electrons. The van der Waals surface area contributed by atoms with E-state index in [9.17, 15) is 5.11 Å². The Morgan fingerprint density at radius 1 is 1.00 bits per heavy atom. The van der Waals surface area contributed by atoms with Crippen LogP contribution in [0.1, 0.15) is 11.1 Å². The zero-order chi connectivity index (χ0) is 19.4. The molecule has 0 aliphatic heterocycles. The molecule has 0 atom stereocenters. The second-order valence-corrected chi connectivity index (χ2v) is 7.13. The van der Waals surface area contributed by atoms with Crippen LogP contribution in [0.3, 0.4) is 0 Å². The number of aryl methyl sites for hydroxylation is 1. The van der Waals surface area contributed by atoms with Crippen molar-refractivity contribution in [3.8, 4) is 0 Å². The number of para-hydroxylation sites is 1. The Hall–Kier alpha value is -2.40. The fourth-order valence-electron chi connectivity index (χ4n) is 2.60. The maximum atomic E-state index is 11.0. The molecule has 1 heterocycles. The number of anilines is 1. The van der Waals surface area contributed by atoms with Crippen LogP contribution < -0.4 is 9.88 Å². The minimum absolute atomic E-state index is 0.0650. The number of hydrogen-bond acceptors (Lipinski definition) is 2. The Morgan fingerprint density at radius 3 is 2.41 bits per heavy atom. The van der Waals surface area contributed by atoms with Crippen molar-refractivity contribution >= 4 is 57.6 Å². The predicted molar refractivity (Wildman–Crippen MR) is 116 cm³/mol. The molecular weight excluding hydrogens is 399 g/mol. The summed E-state index contributed by atoms with van der Waals surface area (Å²) in [6.45, 7) is 1.98. The standard InChI is InChI=1S/C21H16Cl2N2OS/c1-14-7-3-4-8-18(14)24-21(27)19(25-11-5-2-6-12-25)20(26)16-13-15(22)9-10-17(16)23/h2-13H,1H3,(H-,24,26,27)/p+1. The SMILES string of the molecule is Cc1ccccc1NC(=S)C(=C(O)c1cc(Cl)ccc1Cl)[n+]1ccccc1. The van der Waals surface area contributed by atoms with Gasteiger partial charge >= 0.3 is 0 Å². The Bertz CT molecular complexity index is 1020. The van der Waals surface area contributed by atoms with Crippen molar-refractivity contribution in [2.24, 2.45) is 0 Å². The highest BCUT2D eigenvalue weighted by Gasteiger charge is 2.25. The van der Waals surface area contributed by atoms with Crippen LogP contribution in [0.15, 0.2) is 73.1 Å². The number of aliphatic hydroxyl groups is 1. The Kier molecular flexibility index (Phi) is 6.11. The van der Waals surface area contributed by atoms with Crippen molar-refractivity contribution in [3.63, 3.8) is 0 Å². The van der Waals surface area contributed by atoms with Crippen LogP contribution in [-0.4, -0.2) is 10.1 Å². The molecule has 3 rings (SSSR count). The molecule has 0 unspecified atom stereocenters. The van der Waals surface area contributed by atoms with Crippen LogP contribution in [0.4, 0.5) is 5.69 Å². The van der Waals surface area contributed by atoms with Crippen LogP contribution >= 0.6 is 35.4 Å². The van der Waals surface area contributed by atoms with Gasteiger partial charge in [0, 0.05) is 28.4 Å². The average Bonchev–Trinajstić information content (AvgIpc) is 2.66. The lowest BCUT2D eigenvalue weighted by molar-refractivity contribution is -0.575. The minimum Gasteiger partial charge on any atom is -0.502 e. The first-order chi connectivity index (χ1) is 13.0. The number of nitrogens with zero attached hydrogens (tertiary/aromatic N) is 1. The molecule has 2 N–H and O–H groups in total. The summed E-state index contributed by atoms with van der Waals surface area (Å²) < 4.78 is 1.74. The third kappa shape index (κ3) is 4.48. The molecule has 27 heavy (non-hydrogen) atoms. The van der Waals surface area contributed by atoms with Gasteiger partial charge in [-0.05, 0) is 36.8 Å². The summed E-state index contributed by atoms with van der Waals surface area (Å²) in [5.41, 5.74) is 2.71. The summed E-state index contributed by atoms with van der Waals surface area (Å²) in [4.78, 5) is 0.356. The van der Waals surface area contributed by atoms with Crippen LogP contribution in [0.25, 0.3) is 11.5 Å². The molecule has 0 radical (unpaired) electrons. The molecule has 0 amide bonds. The lowest BCUT2D eigenvalue weighted by atomic mass is 10.1. The van der Waals surface area contributed by atoms with Crippen LogP contribution in [0.2, 0.25) is 10.0 Å². The number of pyridine rings is 1. The van der Waals surface area contributed by atoms with Gasteiger partial charge in [-0.2, -0.15) is 4.57 Å². The van der Waals surface area contributed by atoms with Gasteiger partial charge in [0.25, 0.3) is 5.70 Å². The summed E-state index contributed by atoms with van der Waals surface area (Å²) in [6, 6.07) is 18.3. The van der Waals surface area contributed by atoms with E-state index < -0.39 is 0 Å². The average molecular weight is 416 g/mol. The fourth-order valence-corrected chi connectivity index (χ4v) is 3.29. The predicted octanol–water partition coefficient (Wildman–Crippen LogP) is 5.91. The van der Waals surface area contributed by atoms with E-state index in [0.717, 1.165) is 11.3 Å². The number of thiocarbonyl (C=S) groups is 1. The van der Waals surface area contributed by atoms with Crippen molar-refractivity contribution in [2.75, 3.05) is 5.32 Å². The zero-order valence-corrected chi connectivity index (χ0v) is 16.8. The Labute approximate surface area is 173 Å². The molecule has 3 nitrogen and oxygen atoms in total. The molecule has 3 aromatic rings.